The first-order valence-electron chi connectivity index (χ1n) is 5.92. The summed E-state index contributed by atoms with van der Waals surface area (Å²) in [5.74, 6) is 0.753. The molecule has 19 heavy (non-hydrogen) atoms. The number of hydrogen-bond acceptors (Lipinski definition) is 3. The molecule has 0 amide bonds. The fourth-order valence-electron chi connectivity index (χ4n) is 1.89. The number of ether oxygens (including phenoxy) is 1. The monoisotopic (exact) mass is 274 g/mol. The van der Waals surface area contributed by atoms with E-state index in [0.29, 0.717) is 5.02 Å². The van der Waals surface area contributed by atoms with Gasteiger partial charge in [-0.15, -0.1) is 5.11 Å². The van der Waals surface area contributed by atoms with Crippen LogP contribution < -0.4 is 4.74 Å². The van der Waals surface area contributed by atoms with Gasteiger partial charge in [0.15, 0.2) is 0 Å². The highest BCUT2D eigenvalue weighted by molar-refractivity contribution is 6.30. The van der Waals surface area contributed by atoms with Gasteiger partial charge >= 0.3 is 0 Å². The SMILES string of the molecule is COc1c(C)cc(C)cc1N=Nc1ccc(Cl)cc1. The first-order valence-corrected chi connectivity index (χ1v) is 6.30. The van der Waals surface area contributed by atoms with Crippen molar-refractivity contribution in [2.75, 3.05) is 7.11 Å². The maximum atomic E-state index is 5.83. The van der Waals surface area contributed by atoms with Gasteiger partial charge in [-0.2, -0.15) is 5.11 Å². The fourth-order valence-corrected chi connectivity index (χ4v) is 2.02. The second-order valence-corrected chi connectivity index (χ2v) is 4.75. The van der Waals surface area contributed by atoms with E-state index in [9.17, 15) is 0 Å². The summed E-state index contributed by atoms with van der Waals surface area (Å²) < 4.78 is 5.36. The van der Waals surface area contributed by atoms with Gasteiger partial charge in [-0.05, 0) is 55.3 Å². The van der Waals surface area contributed by atoms with Crippen LogP contribution in [0.15, 0.2) is 46.6 Å². The largest absolute Gasteiger partial charge is 0.494 e. The van der Waals surface area contributed by atoms with Gasteiger partial charge in [0, 0.05) is 5.02 Å². The third-order valence-electron chi connectivity index (χ3n) is 2.70. The summed E-state index contributed by atoms with van der Waals surface area (Å²) in [5.41, 5.74) is 3.66. The average molecular weight is 275 g/mol. The molecule has 2 aromatic carbocycles. The Morgan fingerprint density at radius 2 is 1.68 bits per heavy atom. The Balaban J connectivity index is 2.34. The van der Waals surface area contributed by atoms with Crippen molar-refractivity contribution in [1.82, 2.24) is 0 Å². The van der Waals surface area contributed by atoms with Crippen molar-refractivity contribution >= 4 is 23.0 Å². The Morgan fingerprint density at radius 3 is 2.32 bits per heavy atom. The van der Waals surface area contributed by atoms with Crippen molar-refractivity contribution in [2.45, 2.75) is 13.8 Å². The minimum Gasteiger partial charge on any atom is -0.494 e. The van der Waals surface area contributed by atoms with Crippen LogP contribution in [0, 0.1) is 13.8 Å². The summed E-state index contributed by atoms with van der Waals surface area (Å²) in [7, 11) is 1.64. The summed E-state index contributed by atoms with van der Waals surface area (Å²) in [6, 6.07) is 11.2. The van der Waals surface area contributed by atoms with Crippen molar-refractivity contribution in [1.29, 1.82) is 0 Å². The summed E-state index contributed by atoms with van der Waals surface area (Å²) in [6.07, 6.45) is 0. The van der Waals surface area contributed by atoms with Crippen LogP contribution in [0.1, 0.15) is 11.1 Å². The molecule has 2 rings (SSSR count). The third kappa shape index (κ3) is 3.32. The summed E-state index contributed by atoms with van der Waals surface area (Å²) >= 11 is 5.83. The summed E-state index contributed by atoms with van der Waals surface area (Å²) in [6.45, 7) is 4.01. The zero-order valence-corrected chi connectivity index (χ0v) is 11.9. The topological polar surface area (TPSA) is 34.0 Å². The minimum absolute atomic E-state index is 0.683. The first kappa shape index (κ1) is 13.6. The molecular weight excluding hydrogens is 260 g/mol. The molecule has 2 aromatic rings. The lowest BCUT2D eigenvalue weighted by atomic mass is 10.1. The van der Waals surface area contributed by atoms with E-state index in [1.807, 2.05) is 32.0 Å². The highest BCUT2D eigenvalue weighted by atomic mass is 35.5. The second kappa shape index (κ2) is 5.85. The Hall–Kier alpha value is -1.87. The predicted octanol–water partition coefficient (Wildman–Crippen LogP) is 5.38. The van der Waals surface area contributed by atoms with Gasteiger partial charge in [0.25, 0.3) is 0 Å². The van der Waals surface area contributed by atoms with Crippen molar-refractivity contribution in [3.05, 3.63) is 52.5 Å². The minimum atomic E-state index is 0.683. The van der Waals surface area contributed by atoms with Crippen molar-refractivity contribution in [2.24, 2.45) is 10.2 Å². The van der Waals surface area contributed by atoms with Crippen LogP contribution in [0.25, 0.3) is 0 Å². The lowest BCUT2D eigenvalue weighted by molar-refractivity contribution is 0.412. The smallest absolute Gasteiger partial charge is 0.149 e. The van der Waals surface area contributed by atoms with Gasteiger partial charge in [-0.25, -0.2) is 0 Å². The van der Waals surface area contributed by atoms with E-state index in [0.717, 1.165) is 28.3 Å². The highest BCUT2D eigenvalue weighted by Gasteiger charge is 2.06. The zero-order valence-electron chi connectivity index (χ0n) is 11.1. The number of halogens is 1. The van der Waals surface area contributed by atoms with E-state index in [1.165, 1.54) is 0 Å². The molecule has 3 nitrogen and oxygen atoms in total. The molecular formula is C15H15ClN2O. The van der Waals surface area contributed by atoms with E-state index in [2.05, 4.69) is 16.3 Å². The van der Waals surface area contributed by atoms with Gasteiger partial charge in [-0.1, -0.05) is 17.7 Å². The normalized spacial score (nSPS) is 10.9. The van der Waals surface area contributed by atoms with Crippen LogP contribution in [0.5, 0.6) is 5.75 Å². The van der Waals surface area contributed by atoms with Crippen molar-refractivity contribution < 1.29 is 4.74 Å². The van der Waals surface area contributed by atoms with E-state index >= 15 is 0 Å². The molecule has 4 heteroatoms. The molecule has 0 spiro atoms. The zero-order chi connectivity index (χ0) is 13.8. The standard InChI is InChI=1S/C15H15ClN2O/c1-10-8-11(2)15(19-3)14(9-10)18-17-13-6-4-12(16)5-7-13/h4-9H,1-3H3. The average Bonchev–Trinajstić information content (AvgIpc) is 2.37. The molecule has 0 bridgehead atoms. The fraction of sp³-hybridized carbons (Fsp3) is 0.200. The van der Waals surface area contributed by atoms with Crippen molar-refractivity contribution in [3.8, 4) is 5.75 Å². The molecule has 0 aliphatic heterocycles. The molecule has 0 atom stereocenters. The van der Waals surface area contributed by atoms with E-state index in [4.69, 9.17) is 16.3 Å². The molecule has 0 N–H and O–H groups in total. The molecule has 0 heterocycles. The van der Waals surface area contributed by atoms with Crippen LogP contribution in [-0.4, -0.2) is 7.11 Å². The molecule has 0 aliphatic carbocycles. The Morgan fingerprint density at radius 1 is 1.00 bits per heavy atom. The molecule has 0 unspecified atom stereocenters. The quantitative estimate of drug-likeness (QED) is 0.692. The molecule has 0 fully saturated rings. The Labute approximate surface area is 117 Å². The first-order chi connectivity index (χ1) is 9.10. The molecule has 0 aromatic heterocycles. The van der Waals surface area contributed by atoms with E-state index < -0.39 is 0 Å². The molecule has 0 radical (unpaired) electrons. The number of methoxy groups -OCH3 is 1. The van der Waals surface area contributed by atoms with Gasteiger partial charge in [0.2, 0.25) is 0 Å². The van der Waals surface area contributed by atoms with Gasteiger partial charge in [0.1, 0.15) is 11.4 Å². The van der Waals surface area contributed by atoms with E-state index in [1.54, 1.807) is 19.2 Å². The van der Waals surface area contributed by atoms with Gasteiger partial charge < -0.3 is 4.74 Å². The van der Waals surface area contributed by atoms with Crippen LogP contribution in [0.3, 0.4) is 0 Å². The lowest BCUT2D eigenvalue weighted by Crippen LogP contribution is -1.88. The Bertz CT molecular complexity index is 606. The summed E-state index contributed by atoms with van der Waals surface area (Å²) in [5, 5.41) is 9.13. The number of hydrogen-bond donors (Lipinski definition) is 0. The second-order valence-electron chi connectivity index (χ2n) is 4.31. The lowest BCUT2D eigenvalue weighted by Gasteiger charge is -2.08. The van der Waals surface area contributed by atoms with Crippen LogP contribution >= 0.6 is 11.6 Å². The van der Waals surface area contributed by atoms with Gasteiger partial charge in [0.05, 0.1) is 12.8 Å². The maximum Gasteiger partial charge on any atom is 0.149 e. The number of aryl methyl sites for hydroxylation is 2. The predicted molar refractivity (Wildman–Crippen MR) is 78.1 cm³/mol. The number of benzene rings is 2. The molecule has 0 saturated carbocycles. The van der Waals surface area contributed by atoms with Gasteiger partial charge in [-0.3, -0.25) is 0 Å². The van der Waals surface area contributed by atoms with Crippen molar-refractivity contribution in [3.63, 3.8) is 0 Å². The number of azo groups is 1. The van der Waals surface area contributed by atoms with Crippen LogP contribution in [0.4, 0.5) is 11.4 Å². The number of rotatable bonds is 3. The molecule has 0 saturated heterocycles. The van der Waals surface area contributed by atoms with E-state index in [-0.39, 0.29) is 0 Å². The molecule has 98 valence electrons. The highest BCUT2D eigenvalue weighted by Crippen LogP contribution is 2.33. The molecule has 0 aliphatic rings. The number of nitrogens with zero attached hydrogens (tertiary/aromatic N) is 2. The third-order valence-corrected chi connectivity index (χ3v) is 2.96. The summed E-state index contributed by atoms with van der Waals surface area (Å²) in [4.78, 5) is 0. The van der Waals surface area contributed by atoms with Crippen LogP contribution in [0.2, 0.25) is 5.02 Å². The van der Waals surface area contributed by atoms with Crippen LogP contribution in [-0.2, 0) is 0 Å². The Kier molecular flexibility index (Phi) is 4.17. The maximum absolute atomic E-state index is 5.83.